The van der Waals surface area contributed by atoms with Crippen LogP contribution < -0.4 is 15.4 Å². The molecule has 1 aliphatic rings. The fourth-order valence-electron chi connectivity index (χ4n) is 2.87. The maximum atomic E-state index is 12.4. The summed E-state index contributed by atoms with van der Waals surface area (Å²) in [6.45, 7) is 2.74. The molecule has 1 atom stereocenters. The minimum Gasteiger partial charge on any atom is -0.497 e. The summed E-state index contributed by atoms with van der Waals surface area (Å²) in [5.74, 6) is 1.20. The second-order valence-corrected chi connectivity index (χ2v) is 5.81. The molecule has 1 saturated heterocycles. The first-order valence-corrected chi connectivity index (χ1v) is 7.94. The average Bonchev–Trinajstić information content (AvgIpc) is 3.10. The van der Waals surface area contributed by atoms with Crippen LogP contribution in [0.3, 0.4) is 0 Å². The van der Waals surface area contributed by atoms with Crippen molar-refractivity contribution in [3.05, 3.63) is 36.0 Å². The molecule has 1 amide bonds. The van der Waals surface area contributed by atoms with E-state index >= 15 is 0 Å². The van der Waals surface area contributed by atoms with Crippen LogP contribution in [0.15, 0.2) is 30.5 Å². The smallest absolute Gasteiger partial charge is 0.255 e. The minimum absolute atomic E-state index is 0. The van der Waals surface area contributed by atoms with Gasteiger partial charge in [-0.1, -0.05) is 0 Å². The van der Waals surface area contributed by atoms with Crippen molar-refractivity contribution in [1.29, 1.82) is 0 Å². The highest BCUT2D eigenvalue weighted by molar-refractivity contribution is 5.99. The zero-order valence-electron chi connectivity index (χ0n) is 13.7. The third-order valence-electron chi connectivity index (χ3n) is 4.21. The number of amides is 1. The van der Waals surface area contributed by atoms with Crippen LogP contribution in [-0.4, -0.2) is 42.8 Å². The fourth-order valence-corrected chi connectivity index (χ4v) is 2.87. The van der Waals surface area contributed by atoms with Gasteiger partial charge in [-0.3, -0.25) is 9.89 Å². The SMILES string of the molecule is COc1ccc(-c2[nH]ncc2C(=O)NCC2CCCNC2)cc1.Cl. The van der Waals surface area contributed by atoms with Crippen molar-refractivity contribution >= 4 is 18.3 Å². The number of ether oxygens (including phenoxy) is 1. The van der Waals surface area contributed by atoms with Crippen LogP contribution in [0.1, 0.15) is 23.2 Å². The molecule has 24 heavy (non-hydrogen) atoms. The van der Waals surface area contributed by atoms with Gasteiger partial charge >= 0.3 is 0 Å². The Morgan fingerprint density at radius 2 is 2.17 bits per heavy atom. The highest BCUT2D eigenvalue weighted by Gasteiger charge is 2.18. The van der Waals surface area contributed by atoms with E-state index in [-0.39, 0.29) is 18.3 Å². The number of halogens is 1. The van der Waals surface area contributed by atoms with E-state index in [9.17, 15) is 4.79 Å². The number of piperidine rings is 1. The number of aromatic nitrogens is 2. The van der Waals surface area contributed by atoms with E-state index in [1.165, 1.54) is 6.42 Å². The Morgan fingerprint density at radius 3 is 2.83 bits per heavy atom. The first-order chi connectivity index (χ1) is 11.3. The van der Waals surface area contributed by atoms with Crippen molar-refractivity contribution in [2.24, 2.45) is 5.92 Å². The first-order valence-electron chi connectivity index (χ1n) is 7.94. The summed E-state index contributed by atoms with van der Waals surface area (Å²) in [4.78, 5) is 12.4. The Kier molecular flexibility index (Phi) is 6.63. The molecule has 3 rings (SSSR count). The molecule has 130 valence electrons. The number of hydrogen-bond donors (Lipinski definition) is 3. The van der Waals surface area contributed by atoms with Gasteiger partial charge < -0.3 is 15.4 Å². The molecule has 1 fully saturated rings. The van der Waals surface area contributed by atoms with E-state index in [0.717, 1.165) is 36.5 Å². The van der Waals surface area contributed by atoms with Gasteiger partial charge in [-0.15, -0.1) is 12.4 Å². The van der Waals surface area contributed by atoms with Crippen molar-refractivity contribution in [3.8, 4) is 17.0 Å². The van der Waals surface area contributed by atoms with Gasteiger partial charge in [0.1, 0.15) is 5.75 Å². The quantitative estimate of drug-likeness (QED) is 0.772. The molecule has 1 aromatic carbocycles. The molecule has 1 unspecified atom stereocenters. The number of carbonyl (C=O) groups excluding carboxylic acids is 1. The fraction of sp³-hybridized carbons (Fsp3) is 0.412. The molecule has 0 bridgehead atoms. The Hall–Kier alpha value is -2.05. The van der Waals surface area contributed by atoms with Gasteiger partial charge in [0, 0.05) is 12.1 Å². The molecule has 6 nitrogen and oxygen atoms in total. The Morgan fingerprint density at radius 1 is 1.38 bits per heavy atom. The van der Waals surface area contributed by atoms with E-state index < -0.39 is 0 Å². The molecule has 2 aromatic rings. The molecule has 7 heteroatoms. The second kappa shape index (κ2) is 8.70. The summed E-state index contributed by atoms with van der Waals surface area (Å²) < 4.78 is 5.16. The predicted molar refractivity (Wildman–Crippen MR) is 95.8 cm³/mol. The number of carbonyl (C=O) groups is 1. The van der Waals surface area contributed by atoms with Gasteiger partial charge in [-0.25, -0.2) is 0 Å². The zero-order valence-corrected chi connectivity index (χ0v) is 14.5. The van der Waals surface area contributed by atoms with Gasteiger partial charge in [-0.2, -0.15) is 5.10 Å². The van der Waals surface area contributed by atoms with Crippen LogP contribution in [-0.2, 0) is 0 Å². The summed E-state index contributed by atoms with van der Waals surface area (Å²) in [6, 6.07) is 7.56. The summed E-state index contributed by atoms with van der Waals surface area (Å²) in [6.07, 6.45) is 3.90. The van der Waals surface area contributed by atoms with Crippen molar-refractivity contribution in [2.75, 3.05) is 26.7 Å². The Labute approximate surface area is 147 Å². The summed E-state index contributed by atoms with van der Waals surface area (Å²) >= 11 is 0. The average molecular weight is 351 g/mol. The summed E-state index contributed by atoms with van der Waals surface area (Å²) in [7, 11) is 1.63. The van der Waals surface area contributed by atoms with Crippen LogP contribution in [0.5, 0.6) is 5.75 Å². The van der Waals surface area contributed by atoms with Gasteiger partial charge in [0.25, 0.3) is 5.91 Å². The number of nitrogens with zero attached hydrogens (tertiary/aromatic N) is 1. The van der Waals surface area contributed by atoms with E-state index in [1.54, 1.807) is 13.3 Å². The van der Waals surface area contributed by atoms with Crippen LogP contribution in [0, 0.1) is 5.92 Å². The van der Waals surface area contributed by atoms with Crippen LogP contribution in [0.4, 0.5) is 0 Å². The van der Waals surface area contributed by atoms with Crippen molar-refractivity contribution in [3.63, 3.8) is 0 Å². The minimum atomic E-state index is -0.0878. The number of methoxy groups -OCH3 is 1. The standard InChI is InChI=1S/C17H22N4O2.ClH/c1-23-14-6-4-13(5-7-14)16-15(11-20-21-16)17(22)19-10-12-3-2-8-18-9-12;/h4-7,11-12,18H,2-3,8-10H2,1H3,(H,19,22)(H,20,21);1H. The van der Waals surface area contributed by atoms with Crippen LogP contribution in [0.25, 0.3) is 11.3 Å². The largest absolute Gasteiger partial charge is 0.497 e. The van der Waals surface area contributed by atoms with Gasteiger partial charge in [0.2, 0.25) is 0 Å². The number of nitrogens with one attached hydrogen (secondary N) is 3. The molecule has 1 aromatic heterocycles. The topological polar surface area (TPSA) is 79.0 Å². The lowest BCUT2D eigenvalue weighted by Crippen LogP contribution is -2.38. The lowest BCUT2D eigenvalue weighted by molar-refractivity contribution is 0.0945. The van der Waals surface area contributed by atoms with E-state index in [1.807, 2.05) is 24.3 Å². The van der Waals surface area contributed by atoms with Crippen LogP contribution in [0.2, 0.25) is 0 Å². The third kappa shape index (κ3) is 4.27. The lowest BCUT2D eigenvalue weighted by atomic mass is 9.99. The monoisotopic (exact) mass is 350 g/mol. The zero-order chi connectivity index (χ0) is 16.1. The molecule has 2 heterocycles. The molecular weight excluding hydrogens is 328 g/mol. The van der Waals surface area contributed by atoms with Gasteiger partial charge in [0.15, 0.2) is 0 Å². The lowest BCUT2D eigenvalue weighted by Gasteiger charge is -2.22. The highest BCUT2D eigenvalue weighted by Crippen LogP contribution is 2.23. The number of H-pyrrole nitrogens is 1. The van der Waals surface area contributed by atoms with E-state index in [2.05, 4.69) is 20.8 Å². The Bertz CT molecular complexity index is 651. The van der Waals surface area contributed by atoms with Crippen molar-refractivity contribution in [1.82, 2.24) is 20.8 Å². The second-order valence-electron chi connectivity index (χ2n) is 5.81. The normalized spacial score (nSPS) is 17.0. The summed E-state index contributed by atoms with van der Waals surface area (Å²) in [5, 5.41) is 13.3. The molecular formula is C17H23ClN4O2. The summed E-state index contributed by atoms with van der Waals surface area (Å²) in [5.41, 5.74) is 2.21. The molecule has 0 spiro atoms. The number of rotatable bonds is 5. The Balaban J connectivity index is 0.00000208. The van der Waals surface area contributed by atoms with E-state index in [0.29, 0.717) is 18.0 Å². The molecule has 0 aliphatic carbocycles. The third-order valence-corrected chi connectivity index (χ3v) is 4.21. The molecule has 1 aliphatic heterocycles. The molecule has 0 saturated carbocycles. The van der Waals surface area contributed by atoms with Crippen LogP contribution >= 0.6 is 12.4 Å². The number of aromatic amines is 1. The number of benzene rings is 1. The van der Waals surface area contributed by atoms with Crippen molar-refractivity contribution < 1.29 is 9.53 Å². The molecule has 3 N–H and O–H groups in total. The highest BCUT2D eigenvalue weighted by atomic mass is 35.5. The first kappa shape index (κ1) is 18.3. The number of hydrogen-bond acceptors (Lipinski definition) is 4. The van der Waals surface area contributed by atoms with Gasteiger partial charge in [-0.05, 0) is 56.1 Å². The van der Waals surface area contributed by atoms with Crippen molar-refractivity contribution in [2.45, 2.75) is 12.8 Å². The van der Waals surface area contributed by atoms with E-state index in [4.69, 9.17) is 4.74 Å². The maximum absolute atomic E-state index is 12.4. The predicted octanol–water partition coefficient (Wildman–Crippen LogP) is 2.24. The maximum Gasteiger partial charge on any atom is 0.255 e. The van der Waals surface area contributed by atoms with Gasteiger partial charge in [0.05, 0.1) is 24.6 Å². The molecule has 0 radical (unpaired) electrons.